The molecule has 0 radical (unpaired) electrons. The highest BCUT2D eigenvalue weighted by molar-refractivity contribution is 6.04. The van der Waals surface area contributed by atoms with Gasteiger partial charge in [-0.2, -0.15) is 0 Å². The molecule has 1 heteroatoms. The Hall–Kier alpha value is -2.54. The van der Waals surface area contributed by atoms with Gasteiger partial charge in [0.05, 0.1) is 0 Å². The van der Waals surface area contributed by atoms with E-state index in [0.717, 1.165) is 24.0 Å². The third kappa shape index (κ3) is 2.31. The van der Waals surface area contributed by atoms with Crippen LogP contribution in [0.4, 0.5) is 0 Å². The second-order valence-corrected chi connectivity index (χ2v) is 5.41. The predicted molar refractivity (Wildman–Crippen MR) is 87.6 cm³/mol. The molecule has 1 nitrogen and oxygen atoms in total. The third-order valence-electron chi connectivity index (χ3n) is 3.99. The normalized spacial score (nSPS) is 11.2. The Balaban J connectivity index is 1.68. The molecule has 0 saturated carbocycles. The van der Waals surface area contributed by atoms with Crippen LogP contribution in [-0.2, 0) is 12.8 Å². The van der Waals surface area contributed by atoms with Crippen LogP contribution < -0.4 is 0 Å². The van der Waals surface area contributed by atoms with Crippen LogP contribution in [0.1, 0.15) is 11.1 Å². The summed E-state index contributed by atoms with van der Waals surface area (Å²) in [7, 11) is 0. The summed E-state index contributed by atoms with van der Waals surface area (Å²) in [6, 6.07) is 25.4. The fraction of sp³-hybridized carbons (Fsp3) is 0.100. The average Bonchev–Trinajstić information content (AvgIpc) is 2.92. The Morgan fingerprint density at radius 1 is 0.571 bits per heavy atom. The summed E-state index contributed by atoms with van der Waals surface area (Å²) in [6.45, 7) is 0. The quantitative estimate of drug-likeness (QED) is 0.488. The highest BCUT2D eigenvalue weighted by Crippen LogP contribution is 2.29. The van der Waals surface area contributed by atoms with Gasteiger partial charge in [-0.1, -0.05) is 54.6 Å². The first-order valence-corrected chi connectivity index (χ1v) is 7.34. The summed E-state index contributed by atoms with van der Waals surface area (Å²) in [5.74, 6) is 0. The van der Waals surface area contributed by atoms with Crippen LogP contribution >= 0.6 is 0 Å². The molecule has 102 valence electrons. The lowest BCUT2D eigenvalue weighted by atomic mass is 10.0. The molecule has 0 fully saturated rings. The Bertz CT molecular complexity index is 887. The minimum atomic E-state index is 0.965. The molecule has 4 aromatic rings. The van der Waals surface area contributed by atoms with Crippen molar-refractivity contribution < 1.29 is 4.42 Å². The fourth-order valence-corrected chi connectivity index (χ4v) is 2.86. The molecular weight excluding hydrogens is 256 g/mol. The number of furan rings is 1. The Morgan fingerprint density at radius 2 is 1.29 bits per heavy atom. The van der Waals surface area contributed by atoms with Crippen LogP contribution in [0.15, 0.2) is 77.2 Å². The zero-order chi connectivity index (χ0) is 14.1. The van der Waals surface area contributed by atoms with Crippen molar-refractivity contribution in [1.82, 2.24) is 0 Å². The highest BCUT2D eigenvalue weighted by atomic mass is 16.3. The monoisotopic (exact) mass is 272 g/mol. The van der Waals surface area contributed by atoms with E-state index in [4.69, 9.17) is 4.42 Å². The van der Waals surface area contributed by atoms with Gasteiger partial charge in [0, 0.05) is 10.8 Å². The second-order valence-electron chi connectivity index (χ2n) is 5.41. The molecule has 3 aromatic carbocycles. The van der Waals surface area contributed by atoms with Crippen molar-refractivity contribution in [2.45, 2.75) is 12.8 Å². The van der Waals surface area contributed by atoms with E-state index in [0.29, 0.717) is 0 Å². The van der Waals surface area contributed by atoms with E-state index in [-0.39, 0.29) is 0 Å². The van der Waals surface area contributed by atoms with Crippen LogP contribution in [0.2, 0.25) is 0 Å². The maximum Gasteiger partial charge on any atom is 0.135 e. The van der Waals surface area contributed by atoms with E-state index in [2.05, 4.69) is 60.7 Å². The zero-order valence-electron chi connectivity index (χ0n) is 11.8. The van der Waals surface area contributed by atoms with Gasteiger partial charge in [0.15, 0.2) is 0 Å². The van der Waals surface area contributed by atoms with Gasteiger partial charge < -0.3 is 4.42 Å². The topological polar surface area (TPSA) is 13.1 Å². The Kier molecular flexibility index (Phi) is 2.97. The number of fused-ring (bicyclic) bond motifs is 3. The lowest BCUT2D eigenvalue weighted by Gasteiger charge is -2.02. The Labute approximate surface area is 123 Å². The predicted octanol–water partition coefficient (Wildman–Crippen LogP) is 5.37. The van der Waals surface area contributed by atoms with Gasteiger partial charge >= 0.3 is 0 Å². The lowest BCUT2D eigenvalue weighted by molar-refractivity contribution is 0.668. The fourth-order valence-electron chi connectivity index (χ4n) is 2.86. The van der Waals surface area contributed by atoms with Gasteiger partial charge in [0.2, 0.25) is 0 Å². The van der Waals surface area contributed by atoms with Crippen molar-refractivity contribution in [3.63, 3.8) is 0 Å². The van der Waals surface area contributed by atoms with Gasteiger partial charge in [-0.05, 0) is 42.2 Å². The number of hydrogen-bond donors (Lipinski definition) is 0. The van der Waals surface area contributed by atoms with Crippen LogP contribution in [0.5, 0.6) is 0 Å². The van der Waals surface area contributed by atoms with E-state index in [1.807, 2.05) is 12.1 Å². The molecule has 0 saturated heterocycles. The van der Waals surface area contributed by atoms with Crippen LogP contribution in [-0.4, -0.2) is 0 Å². The van der Waals surface area contributed by atoms with E-state index in [9.17, 15) is 0 Å². The van der Waals surface area contributed by atoms with Crippen molar-refractivity contribution in [3.8, 4) is 0 Å². The number of rotatable bonds is 3. The highest BCUT2D eigenvalue weighted by Gasteiger charge is 2.06. The molecule has 21 heavy (non-hydrogen) atoms. The van der Waals surface area contributed by atoms with Crippen molar-refractivity contribution >= 4 is 21.9 Å². The van der Waals surface area contributed by atoms with Crippen LogP contribution in [0, 0.1) is 0 Å². The smallest absolute Gasteiger partial charge is 0.135 e. The average molecular weight is 272 g/mol. The van der Waals surface area contributed by atoms with E-state index >= 15 is 0 Å². The summed E-state index contributed by atoms with van der Waals surface area (Å²) in [5.41, 5.74) is 4.68. The number of hydrogen-bond acceptors (Lipinski definition) is 1. The maximum absolute atomic E-state index is 5.87. The first kappa shape index (κ1) is 12.2. The van der Waals surface area contributed by atoms with Gasteiger partial charge in [0.25, 0.3) is 0 Å². The molecule has 0 aliphatic heterocycles. The Morgan fingerprint density at radius 3 is 2.19 bits per heavy atom. The maximum atomic E-state index is 5.87. The lowest BCUT2D eigenvalue weighted by Crippen LogP contribution is -1.90. The summed E-state index contributed by atoms with van der Waals surface area (Å²) < 4.78 is 5.87. The number of benzene rings is 3. The first-order valence-electron chi connectivity index (χ1n) is 7.34. The summed E-state index contributed by atoms with van der Waals surface area (Å²) in [6.07, 6.45) is 2.13. The summed E-state index contributed by atoms with van der Waals surface area (Å²) in [5, 5.41) is 2.42. The molecule has 0 bridgehead atoms. The van der Waals surface area contributed by atoms with Gasteiger partial charge in [-0.25, -0.2) is 0 Å². The largest absolute Gasteiger partial charge is 0.456 e. The molecule has 0 unspecified atom stereocenters. The first-order chi connectivity index (χ1) is 10.4. The molecule has 0 N–H and O–H groups in total. The SMILES string of the molecule is c1ccc(CCc2ccc3oc4ccccc4c3c2)cc1. The standard InChI is InChI=1S/C20H16O/c1-2-6-15(7-3-1)10-11-16-12-13-20-18(14-16)17-8-4-5-9-19(17)21-20/h1-9,12-14H,10-11H2. The van der Waals surface area contributed by atoms with Crippen LogP contribution in [0.3, 0.4) is 0 Å². The van der Waals surface area contributed by atoms with Crippen molar-refractivity contribution in [2.24, 2.45) is 0 Å². The van der Waals surface area contributed by atoms with Gasteiger partial charge in [-0.15, -0.1) is 0 Å². The summed E-state index contributed by atoms with van der Waals surface area (Å²) >= 11 is 0. The number of para-hydroxylation sites is 1. The van der Waals surface area contributed by atoms with Crippen molar-refractivity contribution in [3.05, 3.63) is 83.9 Å². The molecule has 1 heterocycles. The molecule has 4 rings (SSSR count). The molecule has 0 aliphatic carbocycles. The van der Waals surface area contributed by atoms with E-state index in [1.54, 1.807) is 0 Å². The van der Waals surface area contributed by atoms with Crippen molar-refractivity contribution in [1.29, 1.82) is 0 Å². The molecule has 1 aromatic heterocycles. The van der Waals surface area contributed by atoms with Gasteiger partial charge in [-0.3, -0.25) is 0 Å². The molecule has 0 amide bonds. The minimum Gasteiger partial charge on any atom is -0.456 e. The third-order valence-corrected chi connectivity index (χ3v) is 3.99. The minimum absolute atomic E-state index is 0.965. The van der Waals surface area contributed by atoms with Crippen LogP contribution in [0.25, 0.3) is 21.9 Å². The zero-order valence-corrected chi connectivity index (χ0v) is 11.8. The second kappa shape index (κ2) is 5.10. The van der Waals surface area contributed by atoms with E-state index in [1.165, 1.54) is 21.9 Å². The van der Waals surface area contributed by atoms with Gasteiger partial charge in [0.1, 0.15) is 11.2 Å². The molecular formula is C20H16O. The molecule has 0 aliphatic rings. The summed E-state index contributed by atoms with van der Waals surface area (Å²) in [4.78, 5) is 0. The van der Waals surface area contributed by atoms with E-state index < -0.39 is 0 Å². The molecule has 0 atom stereocenters. The van der Waals surface area contributed by atoms with Crippen molar-refractivity contribution in [2.75, 3.05) is 0 Å². The molecule has 0 spiro atoms. The number of aryl methyl sites for hydroxylation is 2.